The van der Waals surface area contributed by atoms with Crippen LogP contribution in [-0.4, -0.2) is 38.2 Å². The number of nitrogens with zero attached hydrogens (tertiary/aromatic N) is 1. The number of methoxy groups -OCH3 is 1. The largest absolute Gasteiger partial charge is 0.465 e. The molecule has 6 nitrogen and oxygen atoms in total. The highest BCUT2D eigenvalue weighted by atomic mass is 32.2. The Morgan fingerprint density at radius 3 is 2.76 bits per heavy atom. The highest BCUT2D eigenvalue weighted by molar-refractivity contribution is 7.92. The molecule has 17 heavy (non-hydrogen) atoms. The van der Waals surface area contributed by atoms with Crippen LogP contribution in [0.4, 0.5) is 0 Å². The van der Waals surface area contributed by atoms with Gasteiger partial charge in [-0.2, -0.15) is 0 Å². The van der Waals surface area contributed by atoms with E-state index in [2.05, 4.69) is 9.89 Å². The van der Waals surface area contributed by atoms with E-state index in [4.69, 9.17) is 5.21 Å². The van der Waals surface area contributed by atoms with Gasteiger partial charge in [0.2, 0.25) is 0 Å². The van der Waals surface area contributed by atoms with Crippen LogP contribution in [0, 0.1) is 0 Å². The lowest BCUT2D eigenvalue weighted by molar-refractivity contribution is 0.0600. The summed E-state index contributed by atoms with van der Waals surface area (Å²) in [5, 5.41) is 11.6. The molecule has 0 amide bonds. The molecule has 1 aliphatic heterocycles. The summed E-state index contributed by atoms with van der Waals surface area (Å²) in [6.07, 6.45) is 0. The van der Waals surface area contributed by atoms with Crippen molar-refractivity contribution in [2.45, 2.75) is 4.90 Å². The minimum absolute atomic E-state index is 0.00630. The van der Waals surface area contributed by atoms with Crippen LogP contribution >= 0.6 is 0 Å². The van der Waals surface area contributed by atoms with Crippen LogP contribution in [0.3, 0.4) is 0 Å². The van der Waals surface area contributed by atoms with E-state index in [9.17, 15) is 13.2 Å². The molecular formula is C10H9NO5S. The zero-order valence-electron chi connectivity index (χ0n) is 8.87. The number of ether oxygens (including phenoxy) is 1. The number of oxime groups is 1. The van der Waals surface area contributed by atoms with Gasteiger partial charge in [0, 0.05) is 5.56 Å². The molecule has 2 rings (SSSR count). The van der Waals surface area contributed by atoms with Gasteiger partial charge in [-0.15, -0.1) is 0 Å². The summed E-state index contributed by atoms with van der Waals surface area (Å²) in [5.74, 6) is -0.971. The second kappa shape index (κ2) is 3.85. The molecule has 0 saturated heterocycles. The van der Waals surface area contributed by atoms with Crippen molar-refractivity contribution in [1.29, 1.82) is 0 Å². The quantitative estimate of drug-likeness (QED) is 0.446. The summed E-state index contributed by atoms with van der Waals surface area (Å²) >= 11 is 0. The number of carbonyl (C=O) groups is 1. The highest BCUT2D eigenvalue weighted by Gasteiger charge is 2.32. The van der Waals surface area contributed by atoms with Crippen molar-refractivity contribution >= 4 is 21.5 Å². The van der Waals surface area contributed by atoms with Gasteiger partial charge < -0.3 is 9.94 Å². The maximum atomic E-state index is 11.7. The fourth-order valence-corrected chi connectivity index (χ4v) is 3.24. The van der Waals surface area contributed by atoms with Crippen LogP contribution in [-0.2, 0) is 14.6 Å². The first kappa shape index (κ1) is 11.6. The first-order valence-corrected chi connectivity index (χ1v) is 6.31. The van der Waals surface area contributed by atoms with Gasteiger partial charge in [0.05, 0.1) is 17.6 Å². The molecular weight excluding hydrogens is 246 g/mol. The minimum Gasteiger partial charge on any atom is -0.465 e. The fraction of sp³-hybridized carbons (Fsp3) is 0.200. The van der Waals surface area contributed by atoms with Gasteiger partial charge in [-0.3, -0.25) is 0 Å². The summed E-state index contributed by atoms with van der Waals surface area (Å²) < 4.78 is 28.0. The van der Waals surface area contributed by atoms with E-state index in [1.165, 1.54) is 25.3 Å². The van der Waals surface area contributed by atoms with Gasteiger partial charge in [-0.05, 0) is 12.1 Å². The number of esters is 1. The number of benzene rings is 1. The van der Waals surface area contributed by atoms with E-state index in [1.54, 1.807) is 0 Å². The Balaban J connectivity index is 2.65. The smallest absolute Gasteiger partial charge is 0.337 e. The third-order valence-corrected chi connectivity index (χ3v) is 4.16. The maximum Gasteiger partial charge on any atom is 0.337 e. The minimum atomic E-state index is -3.53. The van der Waals surface area contributed by atoms with E-state index in [0.29, 0.717) is 5.56 Å². The predicted octanol–water partition coefficient (Wildman–Crippen LogP) is 0.439. The summed E-state index contributed by atoms with van der Waals surface area (Å²) in [6.45, 7) is 0. The molecule has 90 valence electrons. The first-order valence-electron chi connectivity index (χ1n) is 4.66. The average Bonchev–Trinajstić information content (AvgIpc) is 2.59. The van der Waals surface area contributed by atoms with Crippen molar-refractivity contribution in [1.82, 2.24) is 0 Å². The Morgan fingerprint density at radius 1 is 1.47 bits per heavy atom. The Labute approximate surface area is 97.4 Å². The Hall–Kier alpha value is -1.89. The van der Waals surface area contributed by atoms with Gasteiger partial charge in [-0.25, -0.2) is 13.2 Å². The van der Waals surface area contributed by atoms with Gasteiger partial charge in [-0.1, -0.05) is 11.2 Å². The highest BCUT2D eigenvalue weighted by Crippen LogP contribution is 2.27. The molecule has 0 spiro atoms. The topological polar surface area (TPSA) is 93.0 Å². The lowest BCUT2D eigenvalue weighted by Gasteiger charge is -2.02. The molecule has 0 unspecified atom stereocenters. The van der Waals surface area contributed by atoms with E-state index in [-0.39, 0.29) is 21.9 Å². The molecule has 0 bridgehead atoms. The first-order chi connectivity index (χ1) is 7.99. The average molecular weight is 255 g/mol. The van der Waals surface area contributed by atoms with Crippen LogP contribution in [0.25, 0.3) is 0 Å². The molecule has 0 fully saturated rings. The molecule has 0 aromatic heterocycles. The molecule has 1 aromatic rings. The molecule has 0 saturated carbocycles. The number of sulfone groups is 1. The van der Waals surface area contributed by atoms with E-state index >= 15 is 0 Å². The SMILES string of the molecule is COC(=O)c1ccc2c(c1)S(=O)(=O)C/C2=N\O. The molecule has 1 aliphatic rings. The summed E-state index contributed by atoms with van der Waals surface area (Å²) in [7, 11) is -2.32. The molecule has 0 radical (unpaired) electrons. The summed E-state index contributed by atoms with van der Waals surface area (Å²) in [5.41, 5.74) is 0.547. The number of hydrogen-bond donors (Lipinski definition) is 1. The van der Waals surface area contributed by atoms with E-state index in [1.807, 2.05) is 0 Å². The van der Waals surface area contributed by atoms with Crippen molar-refractivity contribution in [2.75, 3.05) is 12.9 Å². The third kappa shape index (κ3) is 1.78. The second-order valence-electron chi connectivity index (χ2n) is 3.51. The lowest BCUT2D eigenvalue weighted by Crippen LogP contribution is -2.05. The fourth-order valence-electron chi connectivity index (χ4n) is 1.68. The Morgan fingerprint density at radius 2 is 2.18 bits per heavy atom. The van der Waals surface area contributed by atoms with Crippen LogP contribution in [0.2, 0.25) is 0 Å². The Kier molecular flexibility index (Phi) is 2.62. The van der Waals surface area contributed by atoms with Gasteiger partial charge in [0.15, 0.2) is 9.84 Å². The zero-order chi connectivity index (χ0) is 12.6. The van der Waals surface area contributed by atoms with Crippen LogP contribution < -0.4 is 0 Å². The van der Waals surface area contributed by atoms with Crippen molar-refractivity contribution in [3.8, 4) is 0 Å². The molecule has 0 aliphatic carbocycles. The van der Waals surface area contributed by atoms with Crippen molar-refractivity contribution in [2.24, 2.45) is 5.16 Å². The van der Waals surface area contributed by atoms with Crippen molar-refractivity contribution in [3.63, 3.8) is 0 Å². The zero-order valence-corrected chi connectivity index (χ0v) is 9.69. The number of carbonyl (C=O) groups excluding carboxylic acids is 1. The number of hydrogen-bond acceptors (Lipinski definition) is 6. The maximum absolute atomic E-state index is 11.7. The predicted molar refractivity (Wildman–Crippen MR) is 58.2 cm³/mol. The van der Waals surface area contributed by atoms with E-state index in [0.717, 1.165) is 0 Å². The normalized spacial score (nSPS) is 19.0. The van der Waals surface area contributed by atoms with Gasteiger partial charge >= 0.3 is 5.97 Å². The third-order valence-electron chi connectivity index (χ3n) is 2.50. The van der Waals surface area contributed by atoms with Crippen LogP contribution in [0.5, 0.6) is 0 Å². The van der Waals surface area contributed by atoms with Gasteiger partial charge in [0.25, 0.3) is 0 Å². The van der Waals surface area contributed by atoms with Gasteiger partial charge in [0.1, 0.15) is 11.5 Å². The molecule has 1 aromatic carbocycles. The van der Waals surface area contributed by atoms with Crippen LogP contribution in [0.15, 0.2) is 28.3 Å². The molecule has 0 atom stereocenters. The summed E-state index contributed by atoms with van der Waals surface area (Å²) in [6, 6.07) is 4.09. The Bertz CT molecular complexity index is 618. The van der Waals surface area contributed by atoms with Crippen molar-refractivity contribution < 1.29 is 23.2 Å². The van der Waals surface area contributed by atoms with Crippen molar-refractivity contribution in [3.05, 3.63) is 29.3 Å². The number of rotatable bonds is 1. The lowest BCUT2D eigenvalue weighted by atomic mass is 10.1. The second-order valence-corrected chi connectivity index (χ2v) is 5.47. The molecule has 1 N–H and O–H groups in total. The van der Waals surface area contributed by atoms with Crippen LogP contribution in [0.1, 0.15) is 15.9 Å². The standard InChI is InChI=1S/C10H9NO5S/c1-16-10(12)6-2-3-7-8(11-13)5-17(14,15)9(7)4-6/h2-4,13H,5H2,1H3/b11-8+. The van der Waals surface area contributed by atoms with E-state index < -0.39 is 15.8 Å². The molecule has 1 heterocycles. The number of fused-ring (bicyclic) bond motifs is 1. The monoisotopic (exact) mass is 255 g/mol. The summed E-state index contributed by atoms with van der Waals surface area (Å²) in [4.78, 5) is 11.3. The molecule has 7 heteroatoms.